The normalized spacial score (nSPS) is 10.6. The predicted molar refractivity (Wildman–Crippen MR) is 85.5 cm³/mol. The van der Waals surface area contributed by atoms with Crippen LogP contribution in [0.1, 0.15) is 30.8 Å². The Labute approximate surface area is 130 Å². The van der Waals surface area contributed by atoms with Crippen LogP contribution in [0.3, 0.4) is 0 Å². The third-order valence-electron chi connectivity index (χ3n) is 3.14. The van der Waals surface area contributed by atoms with Gasteiger partial charge in [0.2, 0.25) is 0 Å². The minimum atomic E-state index is 0.372. The summed E-state index contributed by atoms with van der Waals surface area (Å²) in [7, 11) is 0. The van der Waals surface area contributed by atoms with Crippen molar-refractivity contribution >= 4 is 17.4 Å². The highest BCUT2D eigenvalue weighted by Gasteiger charge is 2.05. The number of nitrogens with zero attached hydrogens (tertiary/aromatic N) is 2. The Balaban J connectivity index is 2.07. The average Bonchev–Trinajstić information content (AvgIpc) is 2.50. The van der Waals surface area contributed by atoms with Crippen LogP contribution < -0.4 is 5.32 Å². The highest BCUT2D eigenvalue weighted by Crippen LogP contribution is 2.15. The highest BCUT2D eigenvalue weighted by molar-refractivity contribution is 6.29. The van der Waals surface area contributed by atoms with Crippen LogP contribution in [-0.4, -0.2) is 16.6 Å². The number of rotatable bonds is 7. The Hall–Kier alpha value is -1.65. The molecule has 0 atom stereocenters. The molecule has 1 aromatic carbocycles. The number of hydrogen-bond donors (Lipinski definition) is 1. The van der Waals surface area contributed by atoms with Gasteiger partial charge in [-0.1, -0.05) is 42.8 Å². The fourth-order valence-corrected chi connectivity index (χ4v) is 2.27. The summed E-state index contributed by atoms with van der Waals surface area (Å²) in [5.41, 5.74) is 2.60. The molecule has 2 aromatic rings. The van der Waals surface area contributed by atoms with E-state index in [1.54, 1.807) is 6.07 Å². The van der Waals surface area contributed by atoms with E-state index in [1.807, 2.05) is 13.0 Å². The molecule has 2 rings (SSSR count). The molecule has 1 heterocycles. The van der Waals surface area contributed by atoms with Gasteiger partial charge >= 0.3 is 0 Å². The monoisotopic (exact) mass is 305 g/mol. The maximum Gasteiger partial charge on any atom is 0.158 e. The Morgan fingerprint density at radius 3 is 2.62 bits per heavy atom. The van der Waals surface area contributed by atoms with Crippen LogP contribution in [0, 0.1) is 0 Å². The molecule has 1 aromatic heterocycles. The van der Waals surface area contributed by atoms with Gasteiger partial charge in [-0.15, -0.1) is 0 Å². The minimum absolute atomic E-state index is 0.372. The molecule has 0 unspecified atom stereocenters. The van der Waals surface area contributed by atoms with E-state index in [0.29, 0.717) is 30.7 Å². The maximum atomic E-state index is 6.02. The average molecular weight is 306 g/mol. The minimum Gasteiger partial charge on any atom is -0.374 e. The second kappa shape index (κ2) is 7.96. The summed E-state index contributed by atoms with van der Waals surface area (Å²) < 4.78 is 5.32. The van der Waals surface area contributed by atoms with E-state index in [0.717, 1.165) is 12.2 Å². The third-order valence-corrected chi connectivity index (χ3v) is 3.33. The van der Waals surface area contributed by atoms with Gasteiger partial charge in [-0.3, -0.25) is 0 Å². The number of ether oxygens (including phenoxy) is 1. The Morgan fingerprint density at radius 1 is 1.14 bits per heavy atom. The molecule has 0 saturated heterocycles. The number of nitrogens with one attached hydrogen (secondary N) is 1. The van der Waals surface area contributed by atoms with E-state index in [2.05, 4.69) is 40.4 Å². The van der Waals surface area contributed by atoms with Crippen molar-refractivity contribution in [3.63, 3.8) is 0 Å². The van der Waals surface area contributed by atoms with Gasteiger partial charge in [-0.2, -0.15) is 0 Å². The standard InChI is InChI=1S/C16H20ClN3O/c1-3-12-7-5-6-8-13(12)10-18-15-9-14(17)19-16(20-15)11-21-4-2/h5-9H,3-4,10-11H2,1-2H3,(H,18,19,20). The van der Waals surface area contributed by atoms with Gasteiger partial charge in [-0.25, -0.2) is 9.97 Å². The smallest absolute Gasteiger partial charge is 0.158 e. The second-order valence-corrected chi connectivity index (χ2v) is 4.99. The van der Waals surface area contributed by atoms with Gasteiger partial charge in [0.05, 0.1) is 0 Å². The fourth-order valence-electron chi connectivity index (χ4n) is 2.07. The molecule has 0 bridgehead atoms. The van der Waals surface area contributed by atoms with Crippen molar-refractivity contribution in [1.29, 1.82) is 0 Å². The van der Waals surface area contributed by atoms with Crippen LogP contribution in [0.15, 0.2) is 30.3 Å². The predicted octanol–water partition coefficient (Wildman–Crippen LogP) is 3.84. The highest BCUT2D eigenvalue weighted by atomic mass is 35.5. The van der Waals surface area contributed by atoms with Crippen molar-refractivity contribution in [3.8, 4) is 0 Å². The van der Waals surface area contributed by atoms with Crippen molar-refractivity contribution < 1.29 is 4.74 Å². The fraction of sp³-hybridized carbons (Fsp3) is 0.375. The largest absolute Gasteiger partial charge is 0.374 e. The molecule has 0 fully saturated rings. The number of anilines is 1. The van der Waals surface area contributed by atoms with Gasteiger partial charge in [-0.05, 0) is 24.5 Å². The zero-order valence-electron chi connectivity index (χ0n) is 12.4. The van der Waals surface area contributed by atoms with E-state index in [-0.39, 0.29) is 0 Å². The lowest BCUT2D eigenvalue weighted by molar-refractivity contribution is 0.128. The van der Waals surface area contributed by atoms with Gasteiger partial charge < -0.3 is 10.1 Å². The van der Waals surface area contributed by atoms with Crippen LogP contribution >= 0.6 is 11.6 Å². The lowest BCUT2D eigenvalue weighted by Gasteiger charge is -2.11. The van der Waals surface area contributed by atoms with Crippen molar-refractivity contribution in [2.45, 2.75) is 33.4 Å². The quantitative estimate of drug-likeness (QED) is 0.790. The summed E-state index contributed by atoms with van der Waals surface area (Å²) in [4.78, 5) is 8.56. The first-order valence-electron chi connectivity index (χ1n) is 7.14. The molecule has 4 nitrogen and oxygen atoms in total. The summed E-state index contributed by atoms with van der Waals surface area (Å²) in [6, 6.07) is 10.1. The Kier molecular flexibility index (Phi) is 5.96. The number of aromatic nitrogens is 2. The lowest BCUT2D eigenvalue weighted by Crippen LogP contribution is -2.07. The van der Waals surface area contributed by atoms with Crippen molar-refractivity contribution in [2.24, 2.45) is 0 Å². The second-order valence-electron chi connectivity index (χ2n) is 4.61. The maximum absolute atomic E-state index is 6.02. The summed E-state index contributed by atoms with van der Waals surface area (Å²) in [5.74, 6) is 1.31. The van der Waals surface area contributed by atoms with Gasteiger partial charge in [0.25, 0.3) is 0 Å². The molecular weight excluding hydrogens is 286 g/mol. The van der Waals surface area contributed by atoms with Gasteiger partial charge in [0.15, 0.2) is 5.82 Å². The molecule has 21 heavy (non-hydrogen) atoms. The van der Waals surface area contributed by atoms with E-state index in [9.17, 15) is 0 Å². The first-order chi connectivity index (χ1) is 10.2. The number of hydrogen-bond acceptors (Lipinski definition) is 4. The van der Waals surface area contributed by atoms with Crippen LogP contribution in [0.4, 0.5) is 5.82 Å². The van der Waals surface area contributed by atoms with Crippen molar-refractivity contribution in [1.82, 2.24) is 9.97 Å². The molecule has 5 heteroatoms. The number of aryl methyl sites for hydroxylation is 1. The third kappa shape index (κ3) is 4.69. The molecular formula is C16H20ClN3O. The lowest BCUT2D eigenvalue weighted by atomic mass is 10.1. The first-order valence-corrected chi connectivity index (χ1v) is 7.52. The molecule has 0 saturated carbocycles. The SMILES string of the molecule is CCOCc1nc(Cl)cc(NCc2ccccc2CC)n1. The van der Waals surface area contributed by atoms with Crippen LogP contribution in [-0.2, 0) is 24.3 Å². The van der Waals surface area contributed by atoms with Crippen LogP contribution in [0.25, 0.3) is 0 Å². The summed E-state index contributed by atoms with van der Waals surface area (Å²) in [6.45, 7) is 5.80. The van der Waals surface area contributed by atoms with E-state index >= 15 is 0 Å². The van der Waals surface area contributed by atoms with E-state index in [4.69, 9.17) is 16.3 Å². The molecule has 0 aliphatic carbocycles. The zero-order valence-corrected chi connectivity index (χ0v) is 13.2. The zero-order chi connectivity index (χ0) is 15.1. The van der Waals surface area contributed by atoms with Crippen LogP contribution in [0.2, 0.25) is 5.15 Å². The topological polar surface area (TPSA) is 47.0 Å². The van der Waals surface area contributed by atoms with Gasteiger partial charge in [0, 0.05) is 19.2 Å². The first kappa shape index (κ1) is 15.7. The summed E-state index contributed by atoms with van der Waals surface area (Å²) in [6.07, 6.45) is 1.01. The number of halogens is 1. The summed E-state index contributed by atoms with van der Waals surface area (Å²) in [5, 5.41) is 3.72. The number of benzene rings is 1. The van der Waals surface area contributed by atoms with Crippen LogP contribution in [0.5, 0.6) is 0 Å². The summed E-state index contributed by atoms with van der Waals surface area (Å²) >= 11 is 6.02. The van der Waals surface area contributed by atoms with E-state index < -0.39 is 0 Å². The molecule has 0 aliphatic heterocycles. The Morgan fingerprint density at radius 2 is 1.90 bits per heavy atom. The molecule has 112 valence electrons. The van der Waals surface area contributed by atoms with Crippen molar-refractivity contribution in [3.05, 3.63) is 52.4 Å². The molecule has 0 aliphatic rings. The molecule has 0 spiro atoms. The Bertz CT molecular complexity index is 589. The molecule has 0 radical (unpaired) electrons. The molecule has 0 amide bonds. The molecule has 1 N–H and O–H groups in total. The van der Waals surface area contributed by atoms with Crippen molar-refractivity contribution in [2.75, 3.05) is 11.9 Å². The van der Waals surface area contributed by atoms with E-state index in [1.165, 1.54) is 11.1 Å². The van der Waals surface area contributed by atoms with Gasteiger partial charge in [0.1, 0.15) is 17.6 Å².